The molecule has 0 unspecified atom stereocenters. The number of nitrogens with zero attached hydrogens (tertiary/aromatic N) is 4. The van der Waals surface area contributed by atoms with Gasteiger partial charge in [-0.1, -0.05) is 6.92 Å². The number of imidazole rings is 1. The first kappa shape index (κ1) is 11.8. The number of rotatable bonds is 4. The molecule has 0 radical (unpaired) electrons. The molecule has 0 aromatic carbocycles. The summed E-state index contributed by atoms with van der Waals surface area (Å²) in [5.74, 6) is 0.979. The summed E-state index contributed by atoms with van der Waals surface area (Å²) in [5.41, 5.74) is 0.988. The lowest BCUT2D eigenvalue weighted by Crippen LogP contribution is -2.04. The van der Waals surface area contributed by atoms with Crippen LogP contribution < -0.4 is 0 Å². The predicted molar refractivity (Wildman–Crippen MR) is 67.5 cm³/mol. The zero-order valence-corrected chi connectivity index (χ0v) is 10.6. The molecule has 0 saturated heterocycles. The monoisotopic (exact) mass is 258 g/mol. The molecule has 0 spiro atoms. The summed E-state index contributed by atoms with van der Waals surface area (Å²) < 4.78 is 1.64. The summed E-state index contributed by atoms with van der Waals surface area (Å²) in [4.78, 5) is 23.7. The number of aromatic carboxylic acids is 1. The predicted octanol–water partition coefficient (Wildman–Crippen LogP) is 1.80. The van der Waals surface area contributed by atoms with Gasteiger partial charge in [0.2, 0.25) is 0 Å². The third-order valence-electron chi connectivity index (χ3n) is 3.15. The molecule has 1 aliphatic rings. The van der Waals surface area contributed by atoms with Gasteiger partial charge in [-0.2, -0.15) is 0 Å². The van der Waals surface area contributed by atoms with E-state index in [2.05, 4.69) is 15.0 Å². The quantitative estimate of drug-likeness (QED) is 0.904. The Morgan fingerprint density at radius 2 is 2.26 bits per heavy atom. The molecule has 2 aromatic rings. The van der Waals surface area contributed by atoms with Crippen molar-refractivity contribution < 1.29 is 9.90 Å². The molecule has 1 N–H and O–H groups in total. The Hall–Kier alpha value is -2.24. The molecular weight excluding hydrogens is 244 g/mol. The fraction of sp³-hybridized carbons (Fsp3) is 0.385. The van der Waals surface area contributed by atoms with Gasteiger partial charge in [-0.3, -0.25) is 4.57 Å². The van der Waals surface area contributed by atoms with E-state index in [1.54, 1.807) is 4.57 Å². The van der Waals surface area contributed by atoms with Gasteiger partial charge in [0.25, 0.3) is 0 Å². The lowest BCUT2D eigenvalue weighted by Gasteiger charge is -2.06. The largest absolute Gasteiger partial charge is 0.476 e. The second-order valence-electron chi connectivity index (χ2n) is 4.67. The van der Waals surface area contributed by atoms with Crippen molar-refractivity contribution in [3.8, 4) is 5.82 Å². The molecule has 1 saturated carbocycles. The van der Waals surface area contributed by atoms with E-state index in [1.807, 2.05) is 13.0 Å². The smallest absolute Gasteiger partial charge is 0.356 e. The Labute approximate surface area is 110 Å². The highest BCUT2D eigenvalue weighted by molar-refractivity contribution is 5.85. The highest BCUT2D eigenvalue weighted by Gasteiger charge is 2.27. The van der Waals surface area contributed by atoms with Crippen molar-refractivity contribution in [2.24, 2.45) is 0 Å². The van der Waals surface area contributed by atoms with Gasteiger partial charge >= 0.3 is 5.97 Å². The van der Waals surface area contributed by atoms with E-state index >= 15 is 0 Å². The number of carboxylic acid groups (broad SMARTS) is 1. The van der Waals surface area contributed by atoms with Crippen LogP contribution in [0, 0.1) is 0 Å². The van der Waals surface area contributed by atoms with E-state index in [0.29, 0.717) is 11.7 Å². The summed E-state index contributed by atoms with van der Waals surface area (Å²) in [6, 6.07) is 1.87. The van der Waals surface area contributed by atoms with Crippen LogP contribution in [0.25, 0.3) is 5.82 Å². The molecular formula is C13H14N4O2. The average Bonchev–Trinajstić information content (AvgIpc) is 3.14. The molecule has 0 atom stereocenters. The van der Waals surface area contributed by atoms with Crippen LogP contribution in [-0.4, -0.2) is 30.6 Å². The minimum absolute atomic E-state index is 0.0182. The minimum atomic E-state index is -1.04. The topological polar surface area (TPSA) is 80.9 Å². The van der Waals surface area contributed by atoms with Crippen molar-refractivity contribution in [2.75, 3.05) is 0 Å². The summed E-state index contributed by atoms with van der Waals surface area (Å²) in [6.07, 6.45) is 6.05. The molecule has 3 rings (SSSR count). The van der Waals surface area contributed by atoms with E-state index in [9.17, 15) is 4.79 Å². The van der Waals surface area contributed by atoms with E-state index in [0.717, 1.165) is 30.8 Å². The van der Waals surface area contributed by atoms with Crippen molar-refractivity contribution in [3.05, 3.63) is 35.8 Å². The Bertz CT molecular complexity index is 631. The first-order chi connectivity index (χ1) is 9.17. The van der Waals surface area contributed by atoms with Crippen LogP contribution in [0.2, 0.25) is 0 Å². The van der Waals surface area contributed by atoms with Gasteiger partial charge in [0, 0.05) is 23.9 Å². The lowest BCUT2D eigenvalue weighted by atomic mass is 10.3. The number of aromatic nitrogens is 4. The SMILES string of the molecule is CCc1cc(-n2cnc(C(=O)O)c2)nc(C2CC2)n1. The normalized spacial score (nSPS) is 14.6. The number of carboxylic acids is 1. The van der Waals surface area contributed by atoms with Gasteiger partial charge in [0.15, 0.2) is 5.69 Å². The van der Waals surface area contributed by atoms with Crippen molar-refractivity contribution >= 4 is 5.97 Å². The van der Waals surface area contributed by atoms with Crippen LogP contribution in [0.4, 0.5) is 0 Å². The Morgan fingerprint density at radius 1 is 1.47 bits per heavy atom. The van der Waals surface area contributed by atoms with E-state index in [1.165, 1.54) is 12.5 Å². The third-order valence-corrected chi connectivity index (χ3v) is 3.15. The summed E-state index contributed by atoms with van der Waals surface area (Å²) in [5, 5.41) is 8.89. The van der Waals surface area contributed by atoms with Crippen LogP contribution in [0.1, 0.15) is 47.7 Å². The summed E-state index contributed by atoms with van der Waals surface area (Å²) in [7, 11) is 0. The van der Waals surface area contributed by atoms with Crippen LogP contribution in [-0.2, 0) is 6.42 Å². The maximum absolute atomic E-state index is 10.8. The van der Waals surface area contributed by atoms with Crippen LogP contribution >= 0.6 is 0 Å². The molecule has 0 aliphatic heterocycles. The highest BCUT2D eigenvalue weighted by atomic mass is 16.4. The van der Waals surface area contributed by atoms with E-state index in [4.69, 9.17) is 5.11 Å². The highest BCUT2D eigenvalue weighted by Crippen LogP contribution is 2.38. The van der Waals surface area contributed by atoms with Gasteiger partial charge in [-0.25, -0.2) is 19.7 Å². The van der Waals surface area contributed by atoms with Gasteiger partial charge in [0.1, 0.15) is 18.0 Å². The Kier molecular flexibility index (Phi) is 2.77. The van der Waals surface area contributed by atoms with Crippen LogP contribution in [0.15, 0.2) is 18.6 Å². The maximum Gasteiger partial charge on any atom is 0.356 e. The molecule has 98 valence electrons. The molecule has 6 heteroatoms. The fourth-order valence-electron chi connectivity index (χ4n) is 1.90. The standard InChI is InChI=1S/C13H14N4O2/c1-2-9-5-11(16-12(15-9)8-3-4-8)17-6-10(13(18)19)14-7-17/h5-8H,2-4H2,1H3,(H,18,19). The Morgan fingerprint density at radius 3 is 2.84 bits per heavy atom. The number of aryl methyl sites for hydroxylation is 1. The van der Waals surface area contributed by atoms with Gasteiger partial charge in [-0.15, -0.1) is 0 Å². The third kappa shape index (κ3) is 2.33. The number of carbonyl (C=O) groups is 1. The van der Waals surface area contributed by atoms with Gasteiger partial charge in [-0.05, 0) is 19.3 Å². The van der Waals surface area contributed by atoms with Crippen LogP contribution in [0.5, 0.6) is 0 Å². The molecule has 2 heterocycles. The van der Waals surface area contributed by atoms with E-state index < -0.39 is 5.97 Å². The molecule has 19 heavy (non-hydrogen) atoms. The second-order valence-corrected chi connectivity index (χ2v) is 4.67. The average molecular weight is 258 g/mol. The fourth-order valence-corrected chi connectivity index (χ4v) is 1.90. The lowest BCUT2D eigenvalue weighted by molar-refractivity contribution is 0.0691. The molecule has 1 fully saturated rings. The van der Waals surface area contributed by atoms with E-state index in [-0.39, 0.29) is 5.69 Å². The van der Waals surface area contributed by atoms with Crippen molar-refractivity contribution in [3.63, 3.8) is 0 Å². The molecule has 0 bridgehead atoms. The first-order valence-corrected chi connectivity index (χ1v) is 6.33. The van der Waals surface area contributed by atoms with Gasteiger partial charge < -0.3 is 5.11 Å². The summed E-state index contributed by atoms with van der Waals surface area (Å²) >= 11 is 0. The molecule has 0 amide bonds. The van der Waals surface area contributed by atoms with Gasteiger partial charge in [0.05, 0.1) is 0 Å². The van der Waals surface area contributed by atoms with Crippen molar-refractivity contribution in [1.29, 1.82) is 0 Å². The maximum atomic E-state index is 10.8. The molecule has 1 aliphatic carbocycles. The first-order valence-electron chi connectivity index (χ1n) is 6.33. The zero-order chi connectivity index (χ0) is 13.4. The van der Waals surface area contributed by atoms with Crippen LogP contribution in [0.3, 0.4) is 0 Å². The number of hydrogen-bond acceptors (Lipinski definition) is 4. The van der Waals surface area contributed by atoms with Crippen molar-refractivity contribution in [2.45, 2.75) is 32.1 Å². The Balaban J connectivity index is 2.02. The second kappa shape index (κ2) is 4.46. The number of hydrogen-bond donors (Lipinski definition) is 1. The molecule has 2 aromatic heterocycles. The molecule has 6 nitrogen and oxygen atoms in total. The van der Waals surface area contributed by atoms with Crippen molar-refractivity contribution in [1.82, 2.24) is 19.5 Å². The summed E-state index contributed by atoms with van der Waals surface area (Å²) in [6.45, 7) is 2.04. The zero-order valence-electron chi connectivity index (χ0n) is 10.6. The minimum Gasteiger partial charge on any atom is -0.476 e.